The zero-order valence-electron chi connectivity index (χ0n) is 7.25. The Hall–Kier alpha value is -0.830. The van der Waals surface area contributed by atoms with Crippen LogP contribution in [0.1, 0.15) is 0 Å². The molecule has 0 aliphatic heterocycles. The van der Waals surface area contributed by atoms with Gasteiger partial charge < -0.3 is 4.18 Å². The molecule has 3 nitrogen and oxygen atoms in total. The number of benzene rings is 1. The van der Waals surface area contributed by atoms with Gasteiger partial charge in [0.15, 0.2) is 11.6 Å². The maximum Gasteiger partial charge on any atom is 0.534 e. The zero-order chi connectivity index (χ0) is 12.6. The number of hydrogen-bond acceptors (Lipinski definition) is 3. The predicted molar refractivity (Wildman–Crippen MR) is 49.7 cm³/mol. The van der Waals surface area contributed by atoms with E-state index in [4.69, 9.17) is 0 Å². The minimum Gasteiger partial charge on any atom is -0.373 e. The first kappa shape index (κ1) is 13.2. The third-order valence-electron chi connectivity index (χ3n) is 1.38. The highest BCUT2D eigenvalue weighted by atomic mass is 79.9. The van der Waals surface area contributed by atoms with Crippen molar-refractivity contribution in [3.05, 3.63) is 28.5 Å². The lowest BCUT2D eigenvalue weighted by Crippen LogP contribution is -2.28. The molecule has 0 aliphatic rings. The predicted octanol–water partition coefficient (Wildman–Crippen LogP) is 2.82. The molecule has 1 aromatic carbocycles. The van der Waals surface area contributed by atoms with Crippen LogP contribution in [-0.4, -0.2) is 13.9 Å². The van der Waals surface area contributed by atoms with E-state index in [9.17, 15) is 26.0 Å². The number of halogens is 5. The van der Waals surface area contributed by atoms with Crippen molar-refractivity contribution in [3.63, 3.8) is 0 Å². The molecule has 0 heterocycles. The lowest BCUT2D eigenvalue weighted by molar-refractivity contribution is -0.0500. The maximum atomic E-state index is 13.0. The fourth-order valence-corrected chi connectivity index (χ4v) is 1.51. The Kier molecular flexibility index (Phi) is 3.48. The maximum absolute atomic E-state index is 13.0. The topological polar surface area (TPSA) is 43.4 Å². The summed E-state index contributed by atoms with van der Waals surface area (Å²) < 4.78 is 73.5. The number of alkyl halides is 3. The first-order valence-electron chi connectivity index (χ1n) is 3.59. The molecule has 0 saturated carbocycles. The van der Waals surface area contributed by atoms with Crippen molar-refractivity contribution in [2.45, 2.75) is 5.51 Å². The standard InChI is InChI=1S/C7H3BrF4O3S/c8-4-1-2-6(5(9)3-4)15-16(13,14)7(10,11)12/h1-3H. The smallest absolute Gasteiger partial charge is 0.373 e. The second-order valence-corrected chi connectivity index (χ2v) is 5.01. The van der Waals surface area contributed by atoms with E-state index in [2.05, 4.69) is 20.1 Å². The van der Waals surface area contributed by atoms with Crippen LogP contribution in [-0.2, 0) is 10.1 Å². The molecule has 0 bridgehead atoms. The van der Waals surface area contributed by atoms with E-state index in [1.807, 2.05) is 0 Å². The van der Waals surface area contributed by atoms with Crippen LogP contribution in [0, 0.1) is 5.82 Å². The molecule has 1 rings (SSSR count). The molecule has 90 valence electrons. The van der Waals surface area contributed by atoms with E-state index >= 15 is 0 Å². The summed E-state index contributed by atoms with van der Waals surface area (Å²) >= 11 is 2.85. The molecule has 0 unspecified atom stereocenters. The monoisotopic (exact) mass is 322 g/mol. The third-order valence-corrected chi connectivity index (χ3v) is 2.84. The molecule has 0 N–H and O–H groups in total. The number of hydrogen-bond donors (Lipinski definition) is 0. The summed E-state index contributed by atoms with van der Waals surface area (Å²) in [7, 11) is -5.84. The minimum absolute atomic E-state index is 0.238. The van der Waals surface area contributed by atoms with Gasteiger partial charge in [-0.15, -0.1) is 0 Å². The first-order valence-corrected chi connectivity index (χ1v) is 5.79. The normalized spacial score (nSPS) is 12.6. The summed E-state index contributed by atoms with van der Waals surface area (Å²) in [4.78, 5) is 0. The van der Waals surface area contributed by atoms with Crippen LogP contribution in [0.4, 0.5) is 17.6 Å². The van der Waals surface area contributed by atoms with Gasteiger partial charge >= 0.3 is 15.6 Å². The van der Waals surface area contributed by atoms with E-state index in [-0.39, 0.29) is 4.47 Å². The Morgan fingerprint density at radius 2 is 1.81 bits per heavy atom. The Bertz CT molecular complexity index is 497. The van der Waals surface area contributed by atoms with Gasteiger partial charge in [0.25, 0.3) is 0 Å². The molecule has 0 aliphatic carbocycles. The Morgan fingerprint density at radius 1 is 1.25 bits per heavy atom. The SMILES string of the molecule is O=S(=O)(Oc1ccc(Br)cc1F)C(F)(F)F. The van der Waals surface area contributed by atoms with Gasteiger partial charge in [0.1, 0.15) is 0 Å². The van der Waals surface area contributed by atoms with E-state index in [0.717, 1.165) is 18.2 Å². The summed E-state index contributed by atoms with van der Waals surface area (Å²) in [6, 6.07) is 2.69. The van der Waals surface area contributed by atoms with Gasteiger partial charge in [-0.1, -0.05) is 15.9 Å². The molecule has 0 spiro atoms. The minimum atomic E-state index is -5.84. The fraction of sp³-hybridized carbons (Fsp3) is 0.143. The van der Waals surface area contributed by atoms with Crippen molar-refractivity contribution in [1.29, 1.82) is 0 Å². The molecule has 0 saturated heterocycles. The summed E-state index contributed by atoms with van der Waals surface area (Å²) in [5.41, 5.74) is -5.59. The molecule has 0 fully saturated rings. The molecular weight excluding hydrogens is 320 g/mol. The van der Waals surface area contributed by atoms with Gasteiger partial charge in [-0.05, 0) is 18.2 Å². The Morgan fingerprint density at radius 3 is 2.25 bits per heavy atom. The van der Waals surface area contributed by atoms with Crippen LogP contribution in [0.25, 0.3) is 0 Å². The van der Waals surface area contributed by atoms with E-state index in [1.165, 1.54) is 0 Å². The Balaban J connectivity index is 3.07. The van der Waals surface area contributed by atoms with Crippen molar-refractivity contribution in [1.82, 2.24) is 0 Å². The van der Waals surface area contributed by atoms with Gasteiger partial charge in [0, 0.05) is 4.47 Å². The van der Waals surface area contributed by atoms with Gasteiger partial charge in [-0.2, -0.15) is 21.6 Å². The highest BCUT2D eigenvalue weighted by molar-refractivity contribution is 9.10. The first-order chi connectivity index (χ1) is 7.13. The van der Waals surface area contributed by atoms with Crippen molar-refractivity contribution in [2.24, 2.45) is 0 Å². The van der Waals surface area contributed by atoms with Gasteiger partial charge in [0.2, 0.25) is 0 Å². The summed E-state index contributed by atoms with van der Waals surface area (Å²) in [5.74, 6) is -2.23. The van der Waals surface area contributed by atoms with Crippen molar-refractivity contribution in [2.75, 3.05) is 0 Å². The van der Waals surface area contributed by atoms with Crippen LogP contribution < -0.4 is 4.18 Å². The zero-order valence-corrected chi connectivity index (χ0v) is 9.66. The van der Waals surface area contributed by atoms with E-state index in [0.29, 0.717) is 0 Å². The third kappa shape index (κ3) is 2.85. The van der Waals surface area contributed by atoms with Gasteiger partial charge in [-0.3, -0.25) is 0 Å². The van der Waals surface area contributed by atoms with E-state index < -0.39 is 27.2 Å². The van der Waals surface area contributed by atoms with Crippen molar-refractivity contribution >= 4 is 26.0 Å². The average molecular weight is 323 g/mol. The van der Waals surface area contributed by atoms with Crippen LogP contribution in [0.3, 0.4) is 0 Å². The second-order valence-electron chi connectivity index (χ2n) is 2.56. The van der Waals surface area contributed by atoms with Crippen molar-refractivity contribution < 1.29 is 30.2 Å². The van der Waals surface area contributed by atoms with Gasteiger partial charge in [0.05, 0.1) is 0 Å². The summed E-state index contributed by atoms with van der Waals surface area (Å²) in [6.45, 7) is 0. The molecule has 16 heavy (non-hydrogen) atoms. The van der Waals surface area contributed by atoms with Crippen molar-refractivity contribution in [3.8, 4) is 5.75 Å². The highest BCUT2D eigenvalue weighted by Crippen LogP contribution is 2.29. The van der Waals surface area contributed by atoms with Crippen LogP contribution >= 0.6 is 15.9 Å². The van der Waals surface area contributed by atoms with Crippen LogP contribution in [0.15, 0.2) is 22.7 Å². The largest absolute Gasteiger partial charge is 0.534 e. The molecule has 0 atom stereocenters. The second kappa shape index (κ2) is 4.21. The lowest BCUT2D eigenvalue weighted by atomic mass is 10.3. The summed E-state index contributed by atoms with van der Waals surface area (Å²) in [6.07, 6.45) is 0. The van der Waals surface area contributed by atoms with Gasteiger partial charge in [-0.25, -0.2) is 4.39 Å². The van der Waals surface area contributed by atoms with E-state index in [1.54, 1.807) is 0 Å². The highest BCUT2D eigenvalue weighted by Gasteiger charge is 2.48. The lowest BCUT2D eigenvalue weighted by Gasteiger charge is -2.09. The molecule has 0 amide bonds. The fourth-order valence-electron chi connectivity index (χ4n) is 0.708. The van der Waals surface area contributed by atoms with Crippen LogP contribution in [0.5, 0.6) is 5.75 Å². The van der Waals surface area contributed by atoms with Crippen LogP contribution in [0.2, 0.25) is 0 Å². The molecule has 1 aromatic rings. The number of rotatable bonds is 2. The molecule has 9 heteroatoms. The Labute approximate surface area is 96.3 Å². The quantitative estimate of drug-likeness (QED) is 0.478. The summed E-state index contributed by atoms with van der Waals surface area (Å²) in [5, 5.41) is 0. The average Bonchev–Trinajstić information content (AvgIpc) is 2.08. The molecule has 0 radical (unpaired) electrons. The molecular formula is C7H3BrF4O3S. The molecule has 0 aromatic heterocycles.